The van der Waals surface area contributed by atoms with Crippen LogP contribution in [0.3, 0.4) is 0 Å². The van der Waals surface area contributed by atoms with Crippen LogP contribution in [0.1, 0.15) is 29.4 Å². The molecule has 7 nitrogen and oxygen atoms in total. The number of halogens is 2. The Morgan fingerprint density at radius 1 is 1.21 bits per heavy atom. The molecule has 0 bridgehead atoms. The Morgan fingerprint density at radius 2 is 1.90 bits per heavy atom. The molecule has 0 unspecified atom stereocenters. The van der Waals surface area contributed by atoms with Crippen molar-refractivity contribution in [1.82, 2.24) is 15.2 Å². The van der Waals surface area contributed by atoms with Gasteiger partial charge >= 0.3 is 6.61 Å². The van der Waals surface area contributed by atoms with Crippen molar-refractivity contribution in [2.75, 3.05) is 0 Å². The molecule has 9 heteroatoms. The molecule has 0 aliphatic carbocycles. The van der Waals surface area contributed by atoms with E-state index in [4.69, 9.17) is 0 Å². The number of aromatic nitrogens is 2. The number of fused-ring (bicyclic) bond motifs is 1. The normalized spacial score (nSPS) is 11.3. The number of hydrogen-bond donors (Lipinski definition) is 1. The Morgan fingerprint density at radius 3 is 2.55 bits per heavy atom. The molecule has 1 aromatic heterocycles. The molecule has 29 heavy (non-hydrogen) atoms. The van der Waals surface area contributed by atoms with Crippen LogP contribution in [-0.2, 0) is 6.54 Å². The van der Waals surface area contributed by atoms with Gasteiger partial charge in [0.15, 0.2) is 5.69 Å². The van der Waals surface area contributed by atoms with Crippen LogP contribution in [0.4, 0.5) is 8.78 Å². The molecule has 150 valence electrons. The van der Waals surface area contributed by atoms with Crippen LogP contribution in [0, 0.1) is 0 Å². The van der Waals surface area contributed by atoms with Gasteiger partial charge in [-0.1, -0.05) is 25.1 Å². The summed E-state index contributed by atoms with van der Waals surface area (Å²) in [5.41, 5.74) is 2.78. The van der Waals surface area contributed by atoms with Crippen LogP contribution >= 0.6 is 0 Å². The van der Waals surface area contributed by atoms with Crippen LogP contribution in [-0.4, -0.2) is 28.5 Å². The summed E-state index contributed by atoms with van der Waals surface area (Å²) in [5, 5.41) is 8.90. The maximum Gasteiger partial charge on any atom is 0.387 e. The second-order valence-electron chi connectivity index (χ2n) is 6.07. The number of benzene rings is 2. The summed E-state index contributed by atoms with van der Waals surface area (Å²) in [6, 6.07) is 12.5. The van der Waals surface area contributed by atoms with Gasteiger partial charge in [-0.05, 0) is 42.3 Å². The minimum Gasteiger partial charge on any atom is -0.435 e. The lowest BCUT2D eigenvalue weighted by molar-refractivity contribution is -0.0498. The smallest absolute Gasteiger partial charge is 0.387 e. The van der Waals surface area contributed by atoms with Gasteiger partial charge in [-0.3, -0.25) is 9.59 Å². The summed E-state index contributed by atoms with van der Waals surface area (Å²) >= 11 is 0. The largest absolute Gasteiger partial charge is 0.435 e. The van der Waals surface area contributed by atoms with Gasteiger partial charge in [0.25, 0.3) is 11.5 Å². The fraction of sp³-hybridized carbons (Fsp3) is 0.200. The maximum atomic E-state index is 12.6. The first-order chi connectivity index (χ1) is 14.0. The van der Waals surface area contributed by atoms with Gasteiger partial charge in [-0.2, -0.15) is 19.0 Å². The molecular formula is C20H18F2N4O3. The second kappa shape index (κ2) is 9.05. The lowest BCUT2D eigenvalue weighted by Crippen LogP contribution is -2.29. The van der Waals surface area contributed by atoms with E-state index in [1.165, 1.54) is 35.2 Å². The number of amides is 1. The molecule has 0 atom stereocenters. The Balaban J connectivity index is 1.80. The van der Waals surface area contributed by atoms with Crippen molar-refractivity contribution in [1.29, 1.82) is 0 Å². The molecule has 0 fully saturated rings. The Kier molecular flexibility index (Phi) is 6.28. The maximum absolute atomic E-state index is 12.6. The van der Waals surface area contributed by atoms with Crippen molar-refractivity contribution >= 4 is 22.9 Å². The van der Waals surface area contributed by atoms with E-state index >= 15 is 0 Å². The van der Waals surface area contributed by atoms with Crippen LogP contribution in [0.25, 0.3) is 10.8 Å². The Bertz CT molecular complexity index is 1100. The number of hydrogen-bond acceptors (Lipinski definition) is 5. The van der Waals surface area contributed by atoms with E-state index in [9.17, 15) is 18.4 Å². The summed E-state index contributed by atoms with van der Waals surface area (Å²) in [7, 11) is 0. The molecule has 1 heterocycles. The predicted octanol–water partition coefficient (Wildman–Crippen LogP) is 3.17. The zero-order valence-electron chi connectivity index (χ0n) is 15.5. The third-order valence-corrected chi connectivity index (χ3v) is 4.00. The van der Waals surface area contributed by atoms with Crippen LogP contribution in [0.15, 0.2) is 58.4 Å². The number of alkyl halides is 2. The SMILES string of the molecule is CCCn1nc(C(=O)N/N=C\c2ccc(OC(F)F)cc2)c2ccccc2c1=O. The van der Waals surface area contributed by atoms with Gasteiger partial charge in [0.1, 0.15) is 5.75 Å². The predicted molar refractivity (Wildman–Crippen MR) is 104 cm³/mol. The van der Waals surface area contributed by atoms with Gasteiger partial charge in [0.2, 0.25) is 0 Å². The zero-order chi connectivity index (χ0) is 20.8. The van der Waals surface area contributed by atoms with Gasteiger partial charge < -0.3 is 4.74 Å². The average molecular weight is 400 g/mol. The molecule has 1 N–H and O–H groups in total. The number of aryl methyl sites for hydroxylation is 1. The number of rotatable bonds is 7. The van der Waals surface area contributed by atoms with Gasteiger partial charge in [-0.25, -0.2) is 10.1 Å². The van der Waals surface area contributed by atoms with Gasteiger partial charge in [0.05, 0.1) is 11.6 Å². The first-order valence-corrected chi connectivity index (χ1v) is 8.87. The number of carbonyl (C=O) groups is 1. The van der Waals surface area contributed by atoms with E-state index < -0.39 is 12.5 Å². The summed E-state index contributed by atoms with van der Waals surface area (Å²) in [4.78, 5) is 25.1. The highest BCUT2D eigenvalue weighted by atomic mass is 19.3. The highest BCUT2D eigenvalue weighted by Crippen LogP contribution is 2.15. The average Bonchev–Trinajstić information content (AvgIpc) is 2.71. The zero-order valence-corrected chi connectivity index (χ0v) is 15.5. The van der Waals surface area contributed by atoms with E-state index in [0.717, 1.165) is 0 Å². The minimum atomic E-state index is -2.90. The van der Waals surface area contributed by atoms with Gasteiger partial charge in [0, 0.05) is 11.9 Å². The lowest BCUT2D eigenvalue weighted by Gasteiger charge is -2.09. The number of carbonyl (C=O) groups excluding carboxylic acids is 1. The number of nitrogens with one attached hydrogen (secondary N) is 1. The second-order valence-corrected chi connectivity index (χ2v) is 6.07. The van der Waals surface area contributed by atoms with E-state index in [-0.39, 0.29) is 17.0 Å². The molecule has 0 spiro atoms. The quantitative estimate of drug-likeness (QED) is 0.488. The number of ether oxygens (including phenoxy) is 1. The fourth-order valence-electron chi connectivity index (χ4n) is 2.72. The number of nitrogens with zero attached hydrogens (tertiary/aromatic N) is 3. The first-order valence-electron chi connectivity index (χ1n) is 8.87. The van der Waals surface area contributed by atoms with E-state index in [0.29, 0.717) is 29.3 Å². The van der Waals surface area contributed by atoms with Crippen LogP contribution in [0.2, 0.25) is 0 Å². The molecule has 0 aliphatic heterocycles. The van der Waals surface area contributed by atoms with Crippen molar-refractivity contribution in [2.24, 2.45) is 5.10 Å². The minimum absolute atomic E-state index is 0.0232. The van der Waals surface area contributed by atoms with E-state index in [2.05, 4.69) is 20.4 Å². The molecule has 0 radical (unpaired) electrons. The standard InChI is InChI=1S/C20H18F2N4O3/c1-2-11-26-19(28)16-6-4-3-5-15(16)17(25-26)18(27)24-23-12-13-7-9-14(10-8-13)29-20(21)22/h3-10,12,20H,2,11H2,1H3,(H,24,27)/b23-12-. The number of hydrazone groups is 1. The molecule has 2 aromatic carbocycles. The van der Waals surface area contributed by atoms with Crippen LogP contribution in [0.5, 0.6) is 5.75 Å². The third-order valence-electron chi connectivity index (χ3n) is 4.00. The monoisotopic (exact) mass is 400 g/mol. The summed E-state index contributed by atoms with van der Waals surface area (Å²) in [6.07, 6.45) is 2.05. The molecule has 3 rings (SSSR count). The van der Waals surface area contributed by atoms with E-state index in [1.807, 2.05) is 6.92 Å². The lowest BCUT2D eigenvalue weighted by atomic mass is 10.1. The third kappa shape index (κ3) is 4.81. The summed E-state index contributed by atoms with van der Waals surface area (Å²) in [5.74, 6) is -0.546. The molecule has 0 aliphatic rings. The topological polar surface area (TPSA) is 85.6 Å². The van der Waals surface area contributed by atoms with Crippen molar-refractivity contribution in [3.05, 3.63) is 70.1 Å². The van der Waals surface area contributed by atoms with Crippen LogP contribution < -0.4 is 15.7 Å². The van der Waals surface area contributed by atoms with E-state index in [1.54, 1.807) is 24.3 Å². The highest BCUT2D eigenvalue weighted by molar-refractivity contribution is 6.04. The fourth-order valence-corrected chi connectivity index (χ4v) is 2.72. The summed E-state index contributed by atoms with van der Waals surface area (Å²) in [6.45, 7) is -0.599. The molecular weight excluding hydrogens is 382 g/mol. The molecule has 0 saturated heterocycles. The molecule has 1 amide bonds. The highest BCUT2D eigenvalue weighted by Gasteiger charge is 2.16. The molecule has 3 aromatic rings. The van der Waals surface area contributed by atoms with Crippen molar-refractivity contribution in [3.63, 3.8) is 0 Å². The Labute approximate surface area is 164 Å². The first kappa shape index (κ1) is 20.1. The van der Waals surface area contributed by atoms with Gasteiger partial charge in [-0.15, -0.1) is 0 Å². The van der Waals surface area contributed by atoms with Crippen molar-refractivity contribution in [2.45, 2.75) is 26.5 Å². The van der Waals surface area contributed by atoms with Crippen molar-refractivity contribution < 1.29 is 18.3 Å². The van der Waals surface area contributed by atoms with Crippen molar-refractivity contribution in [3.8, 4) is 5.75 Å². The molecule has 0 saturated carbocycles. The summed E-state index contributed by atoms with van der Waals surface area (Å²) < 4.78 is 29.9. The Hall–Kier alpha value is -3.62.